The van der Waals surface area contributed by atoms with Crippen LogP contribution in [-0.4, -0.2) is 13.1 Å². The molecule has 0 N–H and O–H groups in total. The number of allylic oxidation sites excluding steroid dienone is 1. The molecule has 1 aromatic heterocycles. The van der Waals surface area contributed by atoms with E-state index in [0.29, 0.717) is 27.6 Å². The number of hydrogen-bond donors (Lipinski definition) is 0. The van der Waals surface area contributed by atoms with Gasteiger partial charge in [0.2, 0.25) is 0 Å². The molecule has 2 aromatic rings. The number of carboxylic acids is 1. The molecule has 3 nitrogen and oxygen atoms in total. The summed E-state index contributed by atoms with van der Waals surface area (Å²) in [4.78, 5) is 11.9. The minimum Gasteiger partial charge on any atom is -0.545 e. The van der Waals surface area contributed by atoms with Gasteiger partial charge in [-0.25, -0.2) is 0 Å². The molecule has 110 valence electrons. The van der Waals surface area contributed by atoms with Gasteiger partial charge in [-0.15, -0.1) is 11.3 Å². The van der Waals surface area contributed by atoms with E-state index >= 15 is 0 Å². The maximum atomic E-state index is 10.9. The van der Waals surface area contributed by atoms with Gasteiger partial charge in [0.15, 0.2) is 0 Å². The Kier molecular flexibility index (Phi) is 5.28. The Morgan fingerprint density at radius 2 is 2.14 bits per heavy atom. The van der Waals surface area contributed by atoms with Crippen LogP contribution in [0.2, 0.25) is 10.0 Å². The molecule has 0 aliphatic carbocycles. The van der Waals surface area contributed by atoms with Crippen molar-refractivity contribution >= 4 is 46.1 Å². The predicted octanol–water partition coefficient (Wildman–Crippen LogP) is 3.44. The molecule has 2 rings (SSSR count). The normalized spacial score (nSPS) is 11.5. The van der Waals surface area contributed by atoms with Crippen LogP contribution in [0.5, 0.6) is 5.75 Å². The zero-order valence-electron chi connectivity index (χ0n) is 11.1. The molecule has 0 aliphatic rings. The molecule has 0 unspecified atom stereocenters. The first kappa shape index (κ1) is 15.9. The first-order valence-electron chi connectivity index (χ1n) is 5.98. The third-order valence-corrected chi connectivity index (χ3v) is 4.26. The Morgan fingerprint density at radius 1 is 1.38 bits per heavy atom. The van der Waals surface area contributed by atoms with Crippen LogP contribution < -0.4 is 9.84 Å². The van der Waals surface area contributed by atoms with Crippen molar-refractivity contribution in [3.8, 4) is 5.75 Å². The fourth-order valence-electron chi connectivity index (χ4n) is 1.86. The molecule has 0 spiro atoms. The van der Waals surface area contributed by atoms with Crippen molar-refractivity contribution in [2.75, 3.05) is 7.11 Å². The van der Waals surface area contributed by atoms with Crippen molar-refractivity contribution in [1.82, 2.24) is 0 Å². The number of benzene rings is 1. The number of thiophene rings is 1. The number of rotatable bonds is 5. The number of aliphatic carboxylic acids is 1. The Balaban J connectivity index is 2.37. The van der Waals surface area contributed by atoms with Gasteiger partial charge < -0.3 is 14.6 Å². The van der Waals surface area contributed by atoms with E-state index in [9.17, 15) is 9.90 Å². The molecule has 0 radical (unpaired) electrons. The smallest absolute Gasteiger partial charge is 0.129 e. The fraction of sp³-hybridized carbons (Fsp3) is 0.133. The van der Waals surface area contributed by atoms with Crippen LogP contribution in [0.4, 0.5) is 0 Å². The number of methoxy groups -OCH3 is 1. The molecule has 6 heteroatoms. The van der Waals surface area contributed by atoms with Crippen LogP contribution in [0.25, 0.3) is 5.57 Å². The molecule has 0 saturated heterocycles. The lowest BCUT2D eigenvalue weighted by Crippen LogP contribution is -2.19. The largest absolute Gasteiger partial charge is 0.545 e. The lowest BCUT2D eigenvalue weighted by Gasteiger charge is -2.10. The lowest BCUT2D eigenvalue weighted by molar-refractivity contribution is -0.297. The van der Waals surface area contributed by atoms with Crippen molar-refractivity contribution in [3.63, 3.8) is 0 Å². The molecule has 1 heterocycles. The topological polar surface area (TPSA) is 49.4 Å². The minimum absolute atomic E-state index is 0.401. The SMILES string of the molecule is COc1csc(C/C(=C/C(=O)[O-])c2ccc(Cl)cc2Cl)c1. The number of carbonyl (C=O) groups is 1. The molecule has 0 fully saturated rings. The second kappa shape index (κ2) is 6.98. The number of halogens is 2. The molecule has 0 aliphatic heterocycles. The highest BCUT2D eigenvalue weighted by Crippen LogP contribution is 2.31. The van der Waals surface area contributed by atoms with Crippen molar-refractivity contribution in [3.05, 3.63) is 56.2 Å². The van der Waals surface area contributed by atoms with Gasteiger partial charge in [-0.1, -0.05) is 29.3 Å². The fourth-order valence-corrected chi connectivity index (χ4v) is 3.25. The highest BCUT2D eigenvalue weighted by molar-refractivity contribution is 7.10. The molecule has 0 amide bonds. The van der Waals surface area contributed by atoms with Crippen LogP contribution >= 0.6 is 34.5 Å². The van der Waals surface area contributed by atoms with Crippen LogP contribution in [0, 0.1) is 0 Å². The molecule has 0 saturated carbocycles. The van der Waals surface area contributed by atoms with E-state index in [4.69, 9.17) is 27.9 Å². The molecular weight excluding hydrogens is 331 g/mol. The first-order valence-corrected chi connectivity index (χ1v) is 7.61. The summed E-state index contributed by atoms with van der Waals surface area (Å²) in [6, 6.07) is 6.80. The van der Waals surface area contributed by atoms with Crippen molar-refractivity contribution in [1.29, 1.82) is 0 Å². The van der Waals surface area contributed by atoms with Crippen LogP contribution in [0.15, 0.2) is 35.7 Å². The van der Waals surface area contributed by atoms with Gasteiger partial charge in [0.05, 0.1) is 13.1 Å². The van der Waals surface area contributed by atoms with E-state index in [2.05, 4.69) is 0 Å². The van der Waals surface area contributed by atoms with Gasteiger partial charge >= 0.3 is 0 Å². The summed E-state index contributed by atoms with van der Waals surface area (Å²) in [5.41, 5.74) is 1.18. The highest BCUT2D eigenvalue weighted by atomic mass is 35.5. The van der Waals surface area contributed by atoms with Crippen LogP contribution in [0.3, 0.4) is 0 Å². The van der Waals surface area contributed by atoms with Gasteiger partial charge in [0, 0.05) is 26.7 Å². The Labute approximate surface area is 136 Å². The van der Waals surface area contributed by atoms with E-state index in [0.717, 1.165) is 16.7 Å². The third-order valence-electron chi connectivity index (χ3n) is 2.80. The summed E-state index contributed by atoms with van der Waals surface area (Å²) in [5, 5.41) is 13.7. The zero-order valence-corrected chi connectivity index (χ0v) is 13.4. The predicted molar refractivity (Wildman–Crippen MR) is 84.0 cm³/mol. The van der Waals surface area contributed by atoms with Crippen molar-refractivity contribution in [2.45, 2.75) is 6.42 Å². The molecule has 0 bridgehead atoms. The number of carboxylic acid groups (broad SMARTS) is 1. The lowest BCUT2D eigenvalue weighted by atomic mass is 10.0. The monoisotopic (exact) mass is 341 g/mol. The van der Waals surface area contributed by atoms with Gasteiger partial charge in [0.25, 0.3) is 0 Å². The Morgan fingerprint density at radius 3 is 2.71 bits per heavy atom. The quantitative estimate of drug-likeness (QED) is 0.782. The standard InChI is InChI=1S/C15H12Cl2O3S/c1-20-11-7-12(21-8-11)4-9(5-15(18)19)13-3-2-10(16)6-14(13)17/h2-3,5-8H,4H2,1H3,(H,18,19)/p-1/b9-5-. The van der Waals surface area contributed by atoms with E-state index in [1.165, 1.54) is 11.3 Å². The van der Waals surface area contributed by atoms with Gasteiger partial charge in [0.1, 0.15) is 5.75 Å². The van der Waals surface area contributed by atoms with E-state index < -0.39 is 5.97 Å². The zero-order chi connectivity index (χ0) is 15.4. The van der Waals surface area contributed by atoms with E-state index in [1.807, 2.05) is 11.4 Å². The maximum Gasteiger partial charge on any atom is 0.129 e. The molecule has 21 heavy (non-hydrogen) atoms. The van der Waals surface area contributed by atoms with Gasteiger partial charge in [-0.2, -0.15) is 0 Å². The van der Waals surface area contributed by atoms with Gasteiger partial charge in [-0.05, 0) is 35.4 Å². The average molecular weight is 342 g/mol. The number of ether oxygens (including phenoxy) is 1. The Hall–Kier alpha value is -1.49. The summed E-state index contributed by atoms with van der Waals surface area (Å²) in [5.74, 6) is -0.524. The third kappa shape index (κ3) is 4.24. The van der Waals surface area contributed by atoms with Crippen molar-refractivity contribution in [2.24, 2.45) is 0 Å². The Bertz CT molecular complexity index is 692. The van der Waals surface area contributed by atoms with Crippen LogP contribution in [-0.2, 0) is 11.2 Å². The van der Waals surface area contributed by atoms with Crippen molar-refractivity contribution < 1.29 is 14.6 Å². The van der Waals surface area contributed by atoms with Gasteiger partial charge in [-0.3, -0.25) is 0 Å². The number of carbonyl (C=O) groups excluding carboxylic acids is 1. The number of hydrogen-bond acceptors (Lipinski definition) is 4. The molecular formula is C15H11Cl2O3S-. The van der Waals surface area contributed by atoms with E-state index in [1.54, 1.807) is 25.3 Å². The minimum atomic E-state index is -1.26. The summed E-state index contributed by atoms with van der Waals surface area (Å²) in [6.45, 7) is 0. The highest BCUT2D eigenvalue weighted by Gasteiger charge is 2.10. The van der Waals surface area contributed by atoms with E-state index in [-0.39, 0.29) is 0 Å². The summed E-state index contributed by atoms with van der Waals surface area (Å²) in [6.07, 6.45) is 1.48. The average Bonchev–Trinajstić information content (AvgIpc) is 2.85. The second-order valence-electron chi connectivity index (χ2n) is 4.24. The summed E-state index contributed by atoms with van der Waals surface area (Å²) >= 11 is 13.5. The first-order chi connectivity index (χ1) is 9.99. The summed E-state index contributed by atoms with van der Waals surface area (Å²) in [7, 11) is 1.58. The molecule has 0 atom stereocenters. The summed E-state index contributed by atoms with van der Waals surface area (Å²) < 4.78 is 5.12. The van der Waals surface area contributed by atoms with Crippen LogP contribution in [0.1, 0.15) is 10.4 Å². The second-order valence-corrected chi connectivity index (χ2v) is 6.08. The maximum absolute atomic E-state index is 10.9. The molecule has 1 aromatic carbocycles.